The fraction of sp³-hybridized carbons (Fsp3) is 0.400. The van der Waals surface area contributed by atoms with Gasteiger partial charge in [-0.3, -0.25) is 4.79 Å². The largest absolute Gasteiger partial charge is 0.499 e. The van der Waals surface area contributed by atoms with Crippen LogP contribution < -0.4 is 5.73 Å². The van der Waals surface area contributed by atoms with Gasteiger partial charge in [0.15, 0.2) is 5.78 Å². The lowest BCUT2D eigenvalue weighted by molar-refractivity contribution is -0.117. The van der Waals surface area contributed by atoms with Gasteiger partial charge in [0.2, 0.25) is 0 Å². The Morgan fingerprint density at radius 3 is 2.56 bits per heavy atom. The first-order valence-corrected chi connectivity index (χ1v) is 2.52. The van der Waals surface area contributed by atoms with E-state index >= 15 is 0 Å². The molecule has 0 fully saturated rings. The minimum Gasteiger partial charge on any atom is -0.499 e. The number of hydrogen-bond acceptors (Lipinski definition) is 3. The summed E-state index contributed by atoms with van der Waals surface area (Å²) in [7, 11) is 6.69. The van der Waals surface area contributed by atoms with Crippen molar-refractivity contribution in [3.8, 4) is 0 Å². The Kier molecular flexibility index (Phi) is 1.23. The van der Waals surface area contributed by atoms with Crippen LogP contribution in [0.2, 0.25) is 5.82 Å². The molecule has 0 aromatic rings. The molecule has 46 valence electrons. The normalized spacial score (nSPS) is 25.9. The quantitative estimate of drug-likeness (QED) is 0.471. The zero-order valence-corrected chi connectivity index (χ0v) is 5.05. The number of hydrogen-bond donors (Lipinski definition) is 1. The van der Waals surface area contributed by atoms with Gasteiger partial charge >= 0.3 is 0 Å². The highest BCUT2D eigenvalue weighted by molar-refractivity contribution is 6.34. The highest BCUT2D eigenvalue weighted by Gasteiger charge is 2.34. The maximum Gasteiger partial charge on any atom is 0.183 e. The second kappa shape index (κ2) is 1.79. The fourth-order valence-electron chi connectivity index (χ4n) is 0.735. The number of carbonyl (C=O) groups excluding carboxylic acids is 1. The zero-order valence-electron chi connectivity index (χ0n) is 5.05. The second-order valence-electron chi connectivity index (χ2n) is 1.82. The Morgan fingerprint density at radius 2 is 2.33 bits per heavy atom. The van der Waals surface area contributed by atoms with E-state index in [1.807, 2.05) is 0 Å². The highest BCUT2D eigenvalue weighted by atomic mass is 16.5. The number of ether oxygens (including phenoxy) is 1. The van der Waals surface area contributed by atoms with Gasteiger partial charge in [-0.25, -0.2) is 0 Å². The lowest BCUT2D eigenvalue weighted by Crippen LogP contribution is -2.32. The molecule has 0 heterocycles. The van der Waals surface area contributed by atoms with Gasteiger partial charge in [-0.1, -0.05) is 0 Å². The van der Waals surface area contributed by atoms with Crippen molar-refractivity contribution in [1.29, 1.82) is 0 Å². The lowest BCUT2D eigenvalue weighted by atomic mass is 9.72. The summed E-state index contributed by atoms with van der Waals surface area (Å²) in [5, 5.41) is 0. The molecule has 0 aliphatic heterocycles. The summed E-state index contributed by atoms with van der Waals surface area (Å²) < 4.78 is 4.69. The Labute approximate surface area is 54.3 Å². The first-order valence-electron chi connectivity index (χ1n) is 2.52. The number of methoxy groups -OCH3 is 1. The van der Waals surface area contributed by atoms with Crippen molar-refractivity contribution in [3.05, 3.63) is 11.5 Å². The van der Waals surface area contributed by atoms with Crippen LogP contribution in [0.3, 0.4) is 0 Å². The van der Waals surface area contributed by atoms with Crippen LogP contribution in [-0.2, 0) is 9.53 Å². The summed E-state index contributed by atoms with van der Waals surface area (Å²) in [6, 6.07) is 0. The Balaban J connectivity index is 2.83. The molecule has 2 N–H and O–H groups in total. The average molecular weight is 123 g/mol. The van der Waals surface area contributed by atoms with Crippen LogP contribution >= 0.6 is 0 Å². The van der Waals surface area contributed by atoms with Crippen LogP contribution in [-0.4, -0.2) is 20.7 Å². The summed E-state index contributed by atoms with van der Waals surface area (Å²) in [5.41, 5.74) is 5.35. The topological polar surface area (TPSA) is 52.3 Å². The Morgan fingerprint density at radius 1 is 1.78 bits per heavy atom. The van der Waals surface area contributed by atoms with Crippen molar-refractivity contribution < 1.29 is 9.53 Å². The van der Waals surface area contributed by atoms with Crippen LogP contribution in [0.5, 0.6) is 0 Å². The number of rotatable bonds is 1. The first-order chi connectivity index (χ1) is 4.18. The third-order valence-corrected chi connectivity index (χ3v) is 1.32. The predicted octanol–water partition coefficient (Wildman–Crippen LogP) is -0.657. The maximum absolute atomic E-state index is 10.5. The van der Waals surface area contributed by atoms with Crippen molar-refractivity contribution in [1.82, 2.24) is 0 Å². The van der Waals surface area contributed by atoms with E-state index in [2.05, 4.69) is 4.74 Å². The summed E-state index contributed by atoms with van der Waals surface area (Å²) in [5.74, 6) is -0.443. The second-order valence-corrected chi connectivity index (χ2v) is 1.82. The minimum atomic E-state index is -0.616. The van der Waals surface area contributed by atoms with Gasteiger partial charge in [0, 0.05) is 5.82 Å². The van der Waals surface area contributed by atoms with E-state index in [9.17, 15) is 4.79 Å². The Bertz CT molecular complexity index is 187. The standard InChI is InChI=1S/C5H6BNO2/c1-9-5-2(6)4(8)3(5)7/h2H,7H2,1H3. The van der Waals surface area contributed by atoms with Crippen LogP contribution in [0.4, 0.5) is 0 Å². The van der Waals surface area contributed by atoms with Crippen LogP contribution in [0, 0.1) is 0 Å². The number of Topliss-reactive ketones (excluding diaryl/α,β-unsaturated/α-hetero) is 1. The van der Waals surface area contributed by atoms with E-state index in [-0.39, 0.29) is 11.5 Å². The number of allylic oxidation sites excluding steroid dienone is 2. The van der Waals surface area contributed by atoms with Gasteiger partial charge in [-0.15, -0.1) is 0 Å². The van der Waals surface area contributed by atoms with E-state index in [1.165, 1.54) is 7.11 Å². The van der Waals surface area contributed by atoms with Crippen molar-refractivity contribution in [2.24, 2.45) is 5.73 Å². The smallest absolute Gasteiger partial charge is 0.183 e. The molecule has 9 heavy (non-hydrogen) atoms. The molecule has 0 saturated heterocycles. The molecule has 0 spiro atoms. The molecule has 1 aliphatic carbocycles. The van der Waals surface area contributed by atoms with Crippen LogP contribution in [0.15, 0.2) is 11.5 Å². The molecule has 3 nitrogen and oxygen atoms in total. The molecule has 0 aromatic heterocycles. The van der Waals surface area contributed by atoms with E-state index in [0.29, 0.717) is 5.76 Å². The average Bonchev–Trinajstić information content (AvgIpc) is 1.89. The van der Waals surface area contributed by atoms with Gasteiger partial charge in [-0.2, -0.15) is 0 Å². The monoisotopic (exact) mass is 123 g/mol. The molecule has 1 atom stereocenters. The first kappa shape index (κ1) is 6.20. The molecule has 0 amide bonds. The predicted molar refractivity (Wildman–Crippen MR) is 32.7 cm³/mol. The third kappa shape index (κ3) is 0.625. The van der Waals surface area contributed by atoms with E-state index < -0.39 is 5.82 Å². The summed E-state index contributed by atoms with van der Waals surface area (Å²) in [6.45, 7) is 0. The van der Waals surface area contributed by atoms with E-state index in [4.69, 9.17) is 13.6 Å². The number of ketones is 1. The van der Waals surface area contributed by atoms with Crippen LogP contribution in [0.1, 0.15) is 0 Å². The van der Waals surface area contributed by atoms with Gasteiger partial charge in [0.05, 0.1) is 15.0 Å². The molecule has 2 radical (unpaired) electrons. The number of carbonyl (C=O) groups is 1. The van der Waals surface area contributed by atoms with Gasteiger partial charge in [-0.05, 0) is 0 Å². The number of nitrogens with two attached hydrogens (primary N) is 1. The Hall–Kier alpha value is -0.925. The van der Waals surface area contributed by atoms with Crippen molar-refractivity contribution in [2.75, 3.05) is 7.11 Å². The molecule has 4 heteroatoms. The minimum absolute atomic E-state index is 0.157. The summed E-state index contributed by atoms with van der Waals surface area (Å²) >= 11 is 0. The third-order valence-electron chi connectivity index (χ3n) is 1.32. The molecule has 0 bridgehead atoms. The SMILES string of the molecule is [B]C1C(=O)C(N)=C1OC. The molecule has 0 aromatic carbocycles. The molecule has 1 unspecified atom stereocenters. The van der Waals surface area contributed by atoms with Gasteiger partial charge in [0.1, 0.15) is 11.5 Å². The van der Waals surface area contributed by atoms with Crippen molar-refractivity contribution in [3.63, 3.8) is 0 Å². The lowest BCUT2D eigenvalue weighted by Gasteiger charge is -2.24. The van der Waals surface area contributed by atoms with Crippen molar-refractivity contribution in [2.45, 2.75) is 5.82 Å². The summed E-state index contributed by atoms with van der Waals surface area (Å²) in [4.78, 5) is 10.5. The molecule has 1 rings (SSSR count). The summed E-state index contributed by atoms with van der Waals surface area (Å²) in [6.07, 6.45) is 0. The zero-order chi connectivity index (χ0) is 7.02. The fourth-order valence-corrected chi connectivity index (χ4v) is 0.735. The maximum atomic E-state index is 10.5. The molecular weight excluding hydrogens is 117 g/mol. The van der Waals surface area contributed by atoms with Crippen LogP contribution in [0.25, 0.3) is 0 Å². The molecular formula is C5H6BNO2. The molecule has 1 aliphatic rings. The van der Waals surface area contributed by atoms with E-state index in [1.54, 1.807) is 0 Å². The van der Waals surface area contributed by atoms with Crippen molar-refractivity contribution >= 4 is 13.6 Å². The molecule has 0 saturated carbocycles. The van der Waals surface area contributed by atoms with Gasteiger partial charge in [0.25, 0.3) is 0 Å². The van der Waals surface area contributed by atoms with Gasteiger partial charge < -0.3 is 10.5 Å². The highest BCUT2D eigenvalue weighted by Crippen LogP contribution is 2.30. The van der Waals surface area contributed by atoms with E-state index in [0.717, 1.165) is 0 Å².